The summed E-state index contributed by atoms with van der Waals surface area (Å²) in [6.07, 6.45) is 10.7. The molecule has 20 heavy (non-hydrogen) atoms. The van der Waals surface area contributed by atoms with Crippen LogP contribution in [0, 0.1) is 11.8 Å². The zero-order chi connectivity index (χ0) is 13.5. The average Bonchev–Trinajstić information content (AvgIpc) is 3.11. The van der Waals surface area contributed by atoms with Crippen LogP contribution in [-0.2, 0) is 13.0 Å². The number of aromatic nitrogens is 3. The first-order chi connectivity index (χ1) is 9.81. The topological polar surface area (TPSA) is 42.7 Å². The first-order valence-corrected chi connectivity index (χ1v) is 8.49. The molecule has 0 spiro atoms. The van der Waals surface area contributed by atoms with Crippen LogP contribution in [0.15, 0.2) is 0 Å². The van der Waals surface area contributed by atoms with Crippen LogP contribution in [0.5, 0.6) is 0 Å². The van der Waals surface area contributed by atoms with Gasteiger partial charge in [0.1, 0.15) is 11.6 Å². The van der Waals surface area contributed by atoms with E-state index in [1.165, 1.54) is 56.6 Å². The van der Waals surface area contributed by atoms with Gasteiger partial charge in [-0.05, 0) is 50.9 Å². The van der Waals surface area contributed by atoms with Gasteiger partial charge in [-0.15, -0.1) is 10.2 Å². The van der Waals surface area contributed by atoms with Crippen molar-refractivity contribution in [2.24, 2.45) is 11.8 Å². The van der Waals surface area contributed by atoms with Gasteiger partial charge in [0.05, 0.1) is 6.04 Å². The molecule has 2 saturated carbocycles. The summed E-state index contributed by atoms with van der Waals surface area (Å²) in [7, 11) is 0. The van der Waals surface area contributed by atoms with E-state index in [-0.39, 0.29) is 0 Å². The molecule has 2 fully saturated rings. The molecule has 0 aromatic carbocycles. The van der Waals surface area contributed by atoms with Gasteiger partial charge < -0.3 is 9.88 Å². The van der Waals surface area contributed by atoms with Crippen LogP contribution in [-0.4, -0.2) is 20.8 Å². The molecule has 0 amide bonds. The zero-order valence-corrected chi connectivity index (χ0v) is 12.5. The third-order valence-electron chi connectivity index (χ3n) is 5.73. The highest BCUT2D eigenvalue weighted by molar-refractivity contribution is 5.04. The number of aryl methyl sites for hydroxylation is 1. The molecule has 1 aromatic heterocycles. The van der Waals surface area contributed by atoms with Crippen molar-refractivity contribution in [3.8, 4) is 0 Å². The second kappa shape index (κ2) is 5.14. The SMILES string of the molecule is CC(NC1CC2CCC1C2)c1nnc2n1CCCCC2. The predicted molar refractivity (Wildman–Crippen MR) is 78.4 cm³/mol. The lowest BCUT2D eigenvalue weighted by Crippen LogP contribution is -2.36. The first kappa shape index (κ1) is 12.8. The number of hydrogen-bond acceptors (Lipinski definition) is 3. The van der Waals surface area contributed by atoms with E-state index in [1.54, 1.807) is 0 Å². The fourth-order valence-electron chi connectivity index (χ4n) is 4.67. The number of rotatable bonds is 3. The van der Waals surface area contributed by atoms with Crippen molar-refractivity contribution < 1.29 is 0 Å². The third kappa shape index (κ3) is 2.18. The highest BCUT2D eigenvalue weighted by Crippen LogP contribution is 2.45. The third-order valence-corrected chi connectivity index (χ3v) is 5.73. The lowest BCUT2D eigenvalue weighted by atomic mass is 9.95. The molecule has 1 N–H and O–H groups in total. The Morgan fingerprint density at radius 1 is 1.15 bits per heavy atom. The Labute approximate surface area is 121 Å². The Morgan fingerprint density at radius 3 is 2.90 bits per heavy atom. The molecule has 1 aromatic rings. The molecule has 4 heteroatoms. The number of nitrogens with zero attached hydrogens (tertiary/aromatic N) is 3. The summed E-state index contributed by atoms with van der Waals surface area (Å²) >= 11 is 0. The van der Waals surface area contributed by atoms with Crippen LogP contribution >= 0.6 is 0 Å². The molecule has 3 aliphatic rings. The molecule has 4 rings (SSSR count). The summed E-state index contributed by atoms with van der Waals surface area (Å²) in [5.41, 5.74) is 0. The maximum atomic E-state index is 4.49. The Bertz CT molecular complexity index is 481. The largest absolute Gasteiger partial charge is 0.314 e. The van der Waals surface area contributed by atoms with Gasteiger partial charge in [0, 0.05) is 19.0 Å². The van der Waals surface area contributed by atoms with Crippen molar-refractivity contribution >= 4 is 0 Å². The van der Waals surface area contributed by atoms with E-state index < -0.39 is 0 Å². The molecule has 0 saturated heterocycles. The zero-order valence-electron chi connectivity index (χ0n) is 12.5. The Morgan fingerprint density at radius 2 is 2.10 bits per heavy atom. The molecule has 110 valence electrons. The van der Waals surface area contributed by atoms with Crippen molar-refractivity contribution in [3.63, 3.8) is 0 Å². The maximum Gasteiger partial charge on any atom is 0.149 e. The average molecular weight is 274 g/mol. The number of fused-ring (bicyclic) bond motifs is 3. The highest BCUT2D eigenvalue weighted by Gasteiger charge is 2.40. The second-order valence-corrected chi connectivity index (χ2v) is 7.11. The summed E-state index contributed by atoms with van der Waals surface area (Å²) in [6.45, 7) is 3.38. The van der Waals surface area contributed by atoms with E-state index in [4.69, 9.17) is 0 Å². The molecule has 4 unspecified atom stereocenters. The van der Waals surface area contributed by atoms with Crippen molar-refractivity contribution in [2.75, 3.05) is 0 Å². The van der Waals surface area contributed by atoms with Crippen LogP contribution in [0.25, 0.3) is 0 Å². The Hall–Kier alpha value is -0.900. The fraction of sp³-hybridized carbons (Fsp3) is 0.875. The van der Waals surface area contributed by atoms with Gasteiger partial charge in [-0.25, -0.2) is 0 Å². The normalized spacial score (nSPS) is 34.0. The van der Waals surface area contributed by atoms with Gasteiger partial charge in [-0.1, -0.05) is 12.8 Å². The Balaban J connectivity index is 1.48. The second-order valence-electron chi connectivity index (χ2n) is 7.11. The molecule has 2 aliphatic carbocycles. The molecular weight excluding hydrogens is 248 g/mol. The van der Waals surface area contributed by atoms with E-state index in [9.17, 15) is 0 Å². The van der Waals surface area contributed by atoms with Crippen LogP contribution in [0.4, 0.5) is 0 Å². The van der Waals surface area contributed by atoms with Gasteiger partial charge in [0.15, 0.2) is 0 Å². The molecule has 0 radical (unpaired) electrons. The standard InChI is InChI=1S/C16H26N4/c1-11(17-14-10-12-6-7-13(14)9-12)16-19-18-15-5-3-2-4-8-20(15)16/h11-14,17H,2-10H2,1H3. The summed E-state index contributed by atoms with van der Waals surface area (Å²) in [5, 5.41) is 12.8. The predicted octanol–water partition coefficient (Wildman–Crippen LogP) is 2.84. The molecule has 2 bridgehead atoms. The summed E-state index contributed by atoms with van der Waals surface area (Å²) < 4.78 is 2.39. The smallest absolute Gasteiger partial charge is 0.149 e. The lowest BCUT2D eigenvalue weighted by molar-refractivity contribution is 0.318. The minimum Gasteiger partial charge on any atom is -0.314 e. The quantitative estimate of drug-likeness (QED) is 0.921. The van der Waals surface area contributed by atoms with E-state index in [1.807, 2.05) is 0 Å². The number of nitrogens with one attached hydrogen (secondary N) is 1. The van der Waals surface area contributed by atoms with E-state index in [2.05, 4.69) is 27.0 Å². The van der Waals surface area contributed by atoms with E-state index in [0.717, 1.165) is 30.8 Å². The lowest BCUT2D eigenvalue weighted by Gasteiger charge is -2.26. The molecule has 1 aliphatic heterocycles. The molecular formula is C16H26N4. The van der Waals surface area contributed by atoms with Gasteiger partial charge in [-0.3, -0.25) is 0 Å². The van der Waals surface area contributed by atoms with Gasteiger partial charge in [0.2, 0.25) is 0 Å². The fourth-order valence-corrected chi connectivity index (χ4v) is 4.67. The van der Waals surface area contributed by atoms with Crippen molar-refractivity contribution in [3.05, 3.63) is 11.6 Å². The van der Waals surface area contributed by atoms with E-state index in [0.29, 0.717) is 6.04 Å². The van der Waals surface area contributed by atoms with Crippen LogP contribution in [0.3, 0.4) is 0 Å². The Kier molecular flexibility index (Phi) is 3.29. The van der Waals surface area contributed by atoms with Gasteiger partial charge in [0.25, 0.3) is 0 Å². The van der Waals surface area contributed by atoms with Gasteiger partial charge >= 0.3 is 0 Å². The van der Waals surface area contributed by atoms with Gasteiger partial charge in [-0.2, -0.15) is 0 Å². The van der Waals surface area contributed by atoms with Crippen molar-refractivity contribution in [1.82, 2.24) is 20.1 Å². The summed E-state index contributed by atoms with van der Waals surface area (Å²) in [5.74, 6) is 4.30. The number of hydrogen-bond donors (Lipinski definition) is 1. The van der Waals surface area contributed by atoms with E-state index >= 15 is 0 Å². The first-order valence-electron chi connectivity index (χ1n) is 8.49. The highest BCUT2D eigenvalue weighted by atomic mass is 15.3. The monoisotopic (exact) mass is 274 g/mol. The van der Waals surface area contributed by atoms with Crippen LogP contribution in [0.2, 0.25) is 0 Å². The van der Waals surface area contributed by atoms with Crippen LogP contribution in [0.1, 0.15) is 69.6 Å². The minimum atomic E-state index is 0.346. The summed E-state index contributed by atoms with van der Waals surface area (Å²) in [4.78, 5) is 0. The molecule has 2 heterocycles. The maximum absolute atomic E-state index is 4.49. The summed E-state index contributed by atoms with van der Waals surface area (Å²) in [6, 6.07) is 1.07. The molecule has 4 nitrogen and oxygen atoms in total. The minimum absolute atomic E-state index is 0.346. The molecule has 4 atom stereocenters. The van der Waals surface area contributed by atoms with Crippen molar-refractivity contribution in [2.45, 2.75) is 76.9 Å². The van der Waals surface area contributed by atoms with Crippen LogP contribution < -0.4 is 5.32 Å². The van der Waals surface area contributed by atoms with Crippen molar-refractivity contribution in [1.29, 1.82) is 0 Å².